The molecule has 13 aromatic rings. The molecule has 3 heteroatoms. The van der Waals surface area contributed by atoms with Crippen molar-refractivity contribution in [3.05, 3.63) is 277 Å². The Morgan fingerprint density at radius 1 is 0.368 bits per heavy atom. The summed E-state index contributed by atoms with van der Waals surface area (Å²) in [5.41, 5.74) is 17.4. The van der Waals surface area contributed by atoms with Gasteiger partial charge in [0.2, 0.25) is 0 Å². The molecular formula is C65H42N2O. The number of aromatic nitrogens is 1. The van der Waals surface area contributed by atoms with E-state index in [2.05, 4.69) is 264 Å². The highest BCUT2D eigenvalue weighted by atomic mass is 16.3. The van der Waals surface area contributed by atoms with Crippen LogP contribution in [0.2, 0.25) is 0 Å². The van der Waals surface area contributed by atoms with Gasteiger partial charge in [0.25, 0.3) is 0 Å². The molecule has 2 aromatic heterocycles. The first kappa shape index (κ1) is 38.4. The average Bonchev–Trinajstić information content (AvgIpc) is 4.05. The van der Waals surface area contributed by atoms with Gasteiger partial charge in [0, 0.05) is 49.6 Å². The minimum Gasteiger partial charge on any atom is -0.455 e. The second kappa shape index (κ2) is 15.1. The number of furan rings is 1. The minimum atomic E-state index is -0.566. The van der Waals surface area contributed by atoms with E-state index in [0.717, 1.165) is 61.2 Å². The van der Waals surface area contributed by atoms with Crippen molar-refractivity contribution in [2.24, 2.45) is 0 Å². The average molecular weight is 867 g/mol. The predicted octanol–water partition coefficient (Wildman–Crippen LogP) is 17.3. The van der Waals surface area contributed by atoms with Crippen LogP contribution in [0.25, 0.3) is 82.5 Å². The van der Waals surface area contributed by atoms with E-state index in [-0.39, 0.29) is 0 Å². The molecule has 318 valence electrons. The van der Waals surface area contributed by atoms with Crippen LogP contribution in [0, 0.1) is 0 Å². The second-order valence-electron chi connectivity index (χ2n) is 17.9. The zero-order chi connectivity index (χ0) is 44.8. The summed E-state index contributed by atoms with van der Waals surface area (Å²) in [5, 5.41) is 7.04. The first-order valence-electron chi connectivity index (χ1n) is 23.4. The lowest BCUT2D eigenvalue weighted by atomic mass is 9.68. The molecule has 0 spiro atoms. The molecule has 1 aliphatic carbocycles. The van der Waals surface area contributed by atoms with Crippen LogP contribution >= 0.6 is 0 Å². The third-order valence-electron chi connectivity index (χ3n) is 14.4. The summed E-state index contributed by atoms with van der Waals surface area (Å²) in [5.74, 6) is 0. The van der Waals surface area contributed by atoms with E-state index in [1.54, 1.807) is 0 Å². The molecule has 0 atom stereocenters. The summed E-state index contributed by atoms with van der Waals surface area (Å²) in [7, 11) is 0. The summed E-state index contributed by atoms with van der Waals surface area (Å²) in [6, 6.07) is 93.1. The molecule has 14 rings (SSSR count). The fraction of sp³-hybridized carbons (Fsp3) is 0.0154. The maximum absolute atomic E-state index is 6.97. The Balaban J connectivity index is 1.07. The Bertz CT molecular complexity index is 4010. The van der Waals surface area contributed by atoms with Gasteiger partial charge in [-0.1, -0.05) is 200 Å². The fourth-order valence-electron chi connectivity index (χ4n) is 11.6. The highest BCUT2D eigenvalue weighted by Crippen LogP contribution is 2.60. The van der Waals surface area contributed by atoms with Crippen molar-refractivity contribution in [3.8, 4) is 27.9 Å². The van der Waals surface area contributed by atoms with Gasteiger partial charge in [0.15, 0.2) is 0 Å². The minimum absolute atomic E-state index is 0.566. The number of hydrogen-bond donors (Lipinski definition) is 0. The summed E-state index contributed by atoms with van der Waals surface area (Å²) in [6.45, 7) is 0. The van der Waals surface area contributed by atoms with Gasteiger partial charge in [-0.15, -0.1) is 0 Å². The molecule has 0 bridgehead atoms. The molecule has 68 heavy (non-hydrogen) atoms. The smallest absolute Gasteiger partial charge is 0.143 e. The normalized spacial score (nSPS) is 12.8. The van der Waals surface area contributed by atoms with Crippen LogP contribution < -0.4 is 4.90 Å². The van der Waals surface area contributed by atoms with Gasteiger partial charge in [0.05, 0.1) is 27.8 Å². The van der Waals surface area contributed by atoms with Crippen molar-refractivity contribution in [1.29, 1.82) is 0 Å². The highest BCUT2D eigenvalue weighted by molar-refractivity contribution is 6.14. The predicted molar refractivity (Wildman–Crippen MR) is 283 cm³/mol. The first-order chi connectivity index (χ1) is 33.8. The summed E-state index contributed by atoms with van der Waals surface area (Å²) >= 11 is 0. The van der Waals surface area contributed by atoms with Gasteiger partial charge in [-0.3, -0.25) is 0 Å². The van der Waals surface area contributed by atoms with Crippen molar-refractivity contribution in [2.75, 3.05) is 4.90 Å². The van der Waals surface area contributed by atoms with E-state index in [9.17, 15) is 0 Å². The van der Waals surface area contributed by atoms with Crippen LogP contribution in [-0.4, -0.2) is 4.57 Å². The van der Waals surface area contributed by atoms with E-state index in [1.807, 2.05) is 0 Å². The fourth-order valence-corrected chi connectivity index (χ4v) is 11.6. The third kappa shape index (κ3) is 5.54. The number of hydrogen-bond acceptors (Lipinski definition) is 2. The maximum atomic E-state index is 6.97. The molecule has 0 fully saturated rings. The Hall–Kier alpha value is -8.92. The lowest BCUT2D eigenvalue weighted by Gasteiger charge is -2.34. The van der Waals surface area contributed by atoms with E-state index < -0.39 is 5.41 Å². The Morgan fingerprint density at radius 2 is 0.912 bits per heavy atom. The lowest BCUT2D eigenvalue weighted by Crippen LogP contribution is -2.28. The number of rotatable bonds is 7. The molecule has 0 saturated heterocycles. The largest absolute Gasteiger partial charge is 0.455 e. The van der Waals surface area contributed by atoms with Crippen LogP contribution in [0.15, 0.2) is 259 Å². The quantitative estimate of drug-likeness (QED) is 0.159. The van der Waals surface area contributed by atoms with Crippen LogP contribution in [0.4, 0.5) is 17.1 Å². The number of fused-ring (bicyclic) bond motifs is 10. The third-order valence-corrected chi connectivity index (χ3v) is 14.4. The van der Waals surface area contributed by atoms with Crippen LogP contribution in [0.1, 0.15) is 22.3 Å². The highest BCUT2D eigenvalue weighted by Gasteiger charge is 2.47. The van der Waals surface area contributed by atoms with Crippen molar-refractivity contribution < 1.29 is 4.42 Å². The number of anilines is 3. The molecule has 3 nitrogen and oxygen atoms in total. The van der Waals surface area contributed by atoms with Crippen molar-refractivity contribution in [1.82, 2.24) is 4.57 Å². The molecule has 2 heterocycles. The van der Waals surface area contributed by atoms with Crippen molar-refractivity contribution >= 4 is 71.6 Å². The van der Waals surface area contributed by atoms with E-state index in [1.165, 1.54) is 60.6 Å². The van der Waals surface area contributed by atoms with E-state index in [4.69, 9.17) is 4.42 Å². The molecule has 0 saturated carbocycles. The van der Waals surface area contributed by atoms with Gasteiger partial charge >= 0.3 is 0 Å². The monoisotopic (exact) mass is 866 g/mol. The van der Waals surface area contributed by atoms with E-state index in [0.29, 0.717) is 0 Å². The van der Waals surface area contributed by atoms with E-state index >= 15 is 0 Å². The van der Waals surface area contributed by atoms with Gasteiger partial charge in [-0.2, -0.15) is 0 Å². The number of benzene rings is 11. The first-order valence-corrected chi connectivity index (χ1v) is 23.4. The van der Waals surface area contributed by atoms with Crippen LogP contribution in [-0.2, 0) is 5.41 Å². The van der Waals surface area contributed by atoms with Crippen LogP contribution in [0.3, 0.4) is 0 Å². The Morgan fingerprint density at radius 3 is 1.66 bits per heavy atom. The molecule has 1 aliphatic rings. The molecule has 0 amide bonds. The molecule has 0 unspecified atom stereocenters. The van der Waals surface area contributed by atoms with Gasteiger partial charge < -0.3 is 13.9 Å². The standard InChI is InChI=1S/C65H42N2O/c1-3-22-45(23-4-1)65(46-24-5-2-6-25-46)56-34-13-9-31-54(56)63-57(65)35-19-39-61(63)67(48-27-17-26-47(42-48)66-58-36-14-10-28-49(58)50-29-11-15-37-59(50)66)60-38-16-12-30-51(60)52-32-18-33-53-55-40-43-20-7-8-21-44(43)41-62(55)68-64(52)53/h1-42H. The Kier molecular flexibility index (Phi) is 8.50. The SMILES string of the molecule is c1ccc(C2(c3ccccc3)c3ccccc3-c3c(N(c4cccc(-n5c6ccccc6c6ccccc65)c4)c4ccccc4-c4cccc5c4oc4cc6ccccc6cc45)cccc32)cc1. The summed E-state index contributed by atoms with van der Waals surface area (Å²) < 4.78 is 9.38. The van der Waals surface area contributed by atoms with Crippen molar-refractivity contribution in [3.63, 3.8) is 0 Å². The molecule has 0 aliphatic heterocycles. The number of para-hydroxylation sites is 4. The zero-order valence-corrected chi connectivity index (χ0v) is 37.1. The van der Waals surface area contributed by atoms with Gasteiger partial charge in [0.1, 0.15) is 11.2 Å². The maximum Gasteiger partial charge on any atom is 0.143 e. The summed E-state index contributed by atoms with van der Waals surface area (Å²) in [6.07, 6.45) is 0. The number of nitrogens with zero attached hydrogens (tertiary/aromatic N) is 2. The summed E-state index contributed by atoms with van der Waals surface area (Å²) in [4.78, 5) is 2.50. The van der Waals surface area contributed by atoms with Crippen molar-refractivity contribution in [2.45, 2.75) is 5.41 Å². The second-order valence-corrected chi connectivity index (χ2v) is 17.9. The lowest BCUT2D eigenvalue weighted by molar-refractivity contribution is 0.670. The zero-order valence-electron chi connectivity index (χ0n) is 37.1. The Labute approximate surface area is 394 Å². The van der Waals surface area contributed by atoms with Gasteiger partial charge in [-0.25, -0.2) is 0 Å². The van der Waals surface area contributed by atoms with Crippen LogP contribution in [0.5, 0.6) is 0 Å². The molecular weight excluding hydrogens is 825 g/mol. The molecule has 0 N–H and O–H groups in total. The van der Waals surface area contributed by atoms with Gasteiger partial charge in [-0.05, 0) is 93.2 Å². The topological polar surface area (TPSA) is 21.3 Å². The molecule has 0 radical (unpaired) electrons. The molecule has 11 aromatic carbocycles.